The molecule has 1 N–H and O–H groups in total. The normalized spacial score (nSPS) is 20.6. The zero-order valence-corrected chi connectivity index (χ0v) is 12.6. The van der Waals surface area contributed by atoms with Crippen molar-refractivity contribution >= 4 is 10.0 Å². The first-order chi connectivity index (χ1) is 8.85. The van der Waals surface area contributed by atoms with Crippen LogP contribution in [0.4, 0.5) is 0 Å². The molecule has 1 aliphatic rings. The molecule has 6 heteroatoms. The van der Waals surface area contributed by atoms with E-state index in [0.29, 0.717) is 25.4 Å². The molecule has 19 heavy (non-hydrogen) atoms. The molecule has 0 saturated carbocycles. The Morgan fingerprint density at radius 1 is 1.32 bits per heavy atom. The topological polar surface area (TPSA) is 62.6 Å². The maximum atomic E-state index is 12.4. The summed E-state index contributed by atoms with van der Waals surface area (Å²) in [7, 11) is -1.68. The second-order valence-corrected chi connectivity index (χ2v) is 7.69. The number of furan rings is 1. The molecule has 0 spiro atoms. The van der Waals surface area contributed by atoms with E-state index in [2.05, 4.69) is 19.2 Å². The summed E-state index contributed by atoms with van der Waals surface area (Å²) in [4.78, 5) is 0. The van der Waals surface area contributed by atoms with Crippen LogP contribution in [0.25, 0.3) is 0 Å². The molecule has 0 aliphatic carbocycles. The van der Waals surface area contributed by atoms with Crippen molar-refractivity contribution in [1.29, 1.82) is 0 Å². The molecule has 2 rings (SSSR count). The number of sulfonamides is 1. The first-order valence-electron chi connectivity index (χ1n) is 6.59. The Labute approximate surface area is 115 Å². The lowest BCUT2D eigenvalue weighted by molar-refractivity contribution is 0.193. The maximum absolute atomic E-state index is 12.4. The fraction of sp³-hybridized carbons (Fsp3) is 0.692. The quantitative estimate of drug-likeness (QED) is 0.917. The minimum absolute atomic E-state index is 0.0532. The molecule has 0 amide bonds. The van der Waals surface area contributed by atoms with Crippen molar-refractivity contribution in [3.8, 4) is 0 Å². The lowest BCUT2D eigenvalue weighted by Gasteiger charge is -2.35. The average molecular weight is 286 g/mol. The van der Waals surface area contributed by atoms with Gasteiger partial charge in [-0.3, -0.25) is 0 Å². The van der Waals surface area contributed by atoms with E-state index in [9.17, 15) is 8.42 Å². The van der Waals surface area contributed by atoms with Gasteiger partial charge in [0.25, 0.3) is 10.0 Å². The number of piperidine rings is 1. The summed E-state index contributed by atoms with van der Waals surface area (Å²) in [5.41, 5.74) is 0.229. The van der Waals surface area contributed by atoms with E-state index < -0.39 is 10.0 Å². The first kappa shape index (κ1) is 14.6. The van der Waals surface area contributed by atoms with Crippen LogP contribution in [0, 0.1) is 5.41 Å². The Kier molecular flexibility index (Phi) is 4.03. The van der Waals surface area contributed by atoms with Crippen LogP contribution >= 0.6 is 0 Å². The SMILES string of the molecule is CNCc1ccc(S(=O)(=O)N2CCC(C)(C)CC2)o1. The van der Waals surface area contributed by atoms with E-state index in [1.807, 2.05) is 0 Å². The molecular formula is C13H22N2O3S. The first-order valence-corrected chi connectivity index (χ1v) is 8.03. The van der Waals surface area contributed by atoms with Gasteiger partial charge in [-0.15, -0.1) is 0 Å². The molecule has 108 valence electrons. The Bertz CT molecular complexity index is 524. The lowest BCUT2D eigenvalue weighted by atomic mass is 9.83. The number of hydrogen-bond acceptors (Lipinski definition) is 4. The fourth-order valence-corrected chi connectivity index (χ4v) is 3.60. The molecule has 5 nitrogen and oxygen atoms in total. The number of rotatable bonds is 4. The molecule has 0 radical (unpaired) electrons. The van der Waals surface area contributed by atoms with Gasteiger partial charge in [0.15, 0.2) is 0 Å². The summed E-state index contributed by atoms with van der Waals surface area (Å²) in [6, 6.07) is 3.25. The average Bonchev–Trinajstić information content (AvgIpc) is 2.78. The zero-order valence-electron chi connectivity index (χ0n) is 11.8. The Morgan fingerprint density at radius 3 is 2.53 bits per heavy atom. The highest BCUT2D eigenvalue weighted by Crippen LogP contribution is 2.32. The predicted octanol–water partition coefficient (Wildman–Crippen LogP) is 1.81. The summed E-state index contributed by atoms with van der Waals surface area (Å²) in [6.45, 7) is 6.01. The van der Waals surface area contributed by atoms with Gasteiger partial charge >= 0.3 is 0 Å². The van der Waals surface area contributed by atoms with Crippen molar-refractivity contribution in [3.63, 3.8) is 0 Å². The molecule has 2 heterocycles. The Morgan fingerprint density at radius 2 is 1.95 bits per heavy atom. The molecule has 1 fully saturated rings. The molecular weight excluding hydrogens is 264 g/mol. The summed E-state index contributed by atoms with van der Waals surface area (Å²) >= 11 is 0. The smallest absolute Gasteiger partial charge is 0.276 e. The van der Waals surface area contributed by atoms with E-state index in [-0.39, 0.29) is 10.5 Å². The molecule has 0 unspecified atom stereocenters. The third-order valence-electron chi connectivity index (χ3n) is 3.66. The lowest BCUT2D eigenvalue weighted by Crippen LogP contribution is -2.40. The second kappa shape index (κ2) is 5.26. The van der Waals surface area contributed by atoms with Gasteiger partial charge in [0.05, 0.1) is 6.54 Å². The van der Waals surface area contributed by atoms with Gasteiger partial charge in [-0.1, -0.05) is 13.8 Å². The van der Waals surface area contributed by atoms with Crippen LogP contribution in [0.3, 0.4) is 0 Å². The van der Waals surface area contributed by atoms with E-state index in [1.165, 1.54) is 4.31 Å². The minimum Gasteiger partial charge on any atom is -0.447 e. The van der Waals surface area contributed by atoms with Crippen LogP contribution in [0.5, 0.6) is 0 Å². The van der Waals surface area contributed by atoms with Crippen LogP contribution in [0.15, 0.2) is 21.6 Å². The molecule has 1 aromatic rings. The van der Waals surface area contributed by atoms with Crippen LogP contribution in [0.1, 0.15) is 32.4 Å². The largest absolute Gasteiger partial charge is 0.447 e. The Hall–Kier alpha value is -0.850. The standard InChI is InChI=1S/C13H22N2O3S/c1-13(2)6-8-15(9-7-13)19(16,17)12-5-4-11(18-12)10-14-3/h4-5,14H,6-10H2,1-3H3. The van der Waals surface area contributed by atoms with Crippen LogP contribution in [0.2, 0.25) is 0 Å². The van der Waals surface area contributed by atoms with Crippen LogP contribution in [-0.4, -0.2) is 32.9 Å². The van der Waals surface area contributed by atoms with Crippen molar-refractivity contribution in [1.82, 2.24) is 9.62 Å². The van der Waals surface area contributed by atoms with E-state index >= 15 is 0 Å². The third-order valence-corrected chi connectivity index (χ3v) is 5.43. The second-order valence-electron chi connectivity index (χ2n) is 5.82. The zero-order chi connectivity index (χ0) is 14.1. The van der Waals surface area contributed by atoms with Gasteiger partial charge in [-0.25, -0.2) is 8.42 Å². The van der Waals surface area contributed by atoms with Crippen molar-refractivity contribution in [2.75, 3.05) is 20.1 Å². The number of nitrogens with zero attached hydrogens (tertiary/aromatic N) is 1. The minimum atomic E-state index is -3.47. The van der Waals surface area contributed by atoms with Gasteiger partial charge in [0.1, 0.15) is 5.76 Å². The van der Waals surface area contributed by atoms with Crippen LogP contribution < -0.4 is 5.32 Å². The highest BCUT2D eigenvalue weighted by molar-refractivity contribution is 7.89. The highest BCUT2D eigenvalue weighted by atomic mass is 32.2. The summed E-state index contributed by atoms with van der Waals surface area (Å²) in [6.07, 6.45) is 1.77. The summed E-state index contributed by atoms with van der Waals surface area (Å²) in [5.74, 6) is 0.637. The van der Waals surface area contributed by atoms with Gasteiger partial charge in [-0.2, -0.15) is 4.31 Å². The van der Waals surface area contributed by atoms with Crippen molar-refractivity contribution in [2.24, 2.45) is 5.41 Å². The molecule has 1 aliphatic heterocycles. The van der Waals surface area contributed by atoms with Crippen molar-refractivity contribution < 1.29 is 12.8 Å². The number of hydrogen-bond donors (Lipinski definition) is 1. The van der Waals surface area contributed by atoms with Gasteiger partial charge in [-0.05, 0) is 37.4 Å². The highest BCUT2D eigenvalue weighted by Gasteiger charge is 2.34. The molecule has 0 aromatic carbocycles. The molecule has 0 atom stereocenters. The Balaban J connectivity index is 2.13. The van der Waals surface area contributed by atoms with Gasteiger partial charge in [0, 0.05) is 13.1 Å². The van der Waals surface area contributed by atoms with E-state index in [0.717, 1.165) is 12.8 Å². The summed E-state index contributed by atoms with van der Waals surface area (Å²) in [5, 5.41) is 2.99. The fourth-order valence-electron chi connectivity index (χ4n) is 2.23. The van der Waals surface area contributed by atoms with Crippen molar-refractivity contribution in [2.45, 2.75) is 38.3 Å². The van der Waals surface area contributed by atoms with E-state index in [4.69, 9.17) is 4.42 Å². The van der Waals surface area contributed by atoms with Gasteiger partial charge < -0.3 is 9.73 Å². The molecule has 1 saturated heterocycles. The molecule has 1 aromatic heterocycles. The van der Waals surface area contributed by atoms with Crippen LogP contribution in [-0.2, 0) is 16.6 Å². The van der Waals surface area contributed by atoms with Crippen molar-refractivity contribution in [3.05, 3.63) is 17.9 Å². The monoisotopic (exact) mass is 286 g/mol. The number of nitrogens with one attached hydrogen (secondary N) is 1. The predicted molar refractivity (Wildman–Crippen MR) is 73.2 cm³/mol. The molecule has 0 bridgehead atoms. The maximum Gasteiger partial charge on any atom is 0.276 e. The summed E-state index contributed by atoms with van der Waals surface area (Å²) < 4.78 is 31.8. The third kappa shape index (κ3) is 3.19. The van der Waals surface area contributed by atoms with Gasteiger partial charge in [0.2, 0.25) is 5.09 Å². The van der Waals surface area contributed by atoms with E-state index in [1.54, 1.807) is 19.2 Å².